The minimum atomic E-state index is -0.0242. The van der Waals surface area contributed by atoms with Crippen molar-refractivity contribution in [1.29, 1.82) is 0 Å². The van der Waals surface area contributed by atoms with Crippen LogP contribution in [0.5, 0.6) is 11.5 Å². The molecule has 2 rings (SSSR count). The maximum absolute atomic E-state index is 12.3. The number of methoxy groups -OCH3 is 2. The fraction of sp³-hybridized carbons (Fsp3) is 0.562. The van der Waals surface area contributed by atoms with E-state index in [0.29, 0.717) is 6.42 Å². The summed E-state index contributed by atoms with van der Waals surface area (Å²) in [5.41, 5.74) is 0.969. The predicted octanol–water partition coefficient (Wildman–Crippen LogP) is 3.47. The van der Waals surface area contributed by atoms with Gasteiger partial charge in [-0.1, -0.05) is 19.4 Å². The third-order valence-electron chi connectivity index (χ3n) is 3.66. The van der Waals surface area contributed by atoms with Gasteiger partial charge in [-0.25, -0.2) is 0 Å². The molecule has 21 heavy (non-hydrogen) atoms. The number of rotatable bonds is 6. The Bertz CT molecular complexity index is 470. The minimum Gasteiger partial charge on any atom is -0.496 e. The Morgan fingerprint density at radius 2 is 1.95 bits per heavy atom. The van der Waals surface area contributed by atoms with E-state index in [2.05, 4.69) is 6.92 Å². The molecule has 0 saturated carbocycles. The molecule has 0 spiro atoms. The minimum absolute atomic E-state index is 0.0242. The second-order valence-electron chi connectivity index (χ2n) is 4.99. The summed E-state index contributed by atoms with van der Waals surface area (Å²) in [4.78, 5) is 14.3. The molecule has 4 nitrogen and oxygen atoms in total. The molecule has 1 amide bonds. The molecule has 1 heterocycles. The van der Waals surface area contributed by atoms with Crippen LogP contribution in [0.25, 0.3) is 0 Å². The van der Waals surface area contributed by atoms with Crippen molar-refractivity contribution in [1.82, 2.24) is 4.90 Å². The number of hydrogen-bond donors (Lipinski definition) is 0. The second-order valence-corrected chi connectivity index (χ2v) is 6.18. The zero-order valence-electron chi connectivity index (χ0n) is 12.9. The zero-order valence-corrected chi connectivity index (χ0v) is 13.7. The normalized spacial score (nSPS) is 18.7. The van der Waals surface area contributed by atoms with Crippen molar-refractivity contribution < 1.29 is 14.3 Å². The second kappa shape index (κ2) is 7.59. The summed E-state index contributed by atoms with van der Waals surface area (Å²) in [6.45, 7) is 2.93. The van der Waals surface area contributed by atoms with E-state index in [1.807, 2.05) is 23.1 Å². The van der Waals surface area contributed by atoms with Gasteiger partial charge in [-0.2, -0.15) is 0 Å². The van der Waals surface area contributed by atoms with Crippen LogP contribution in [0.3, 0.4) is 0 Å². The molecule has 1 fully saturated rings. The first-order chi connectivity index (χ1) is 10.2. The van der Waals surface area contributed by atoms with Crippen LogP contribution in [0.2, 0.25) is 0 Å². The van der Waals surface area contributed by atoms with Crippen molar-refractivity contribution >= 4 is 17.7 Å². The first-order valence-electron chi connectivity index (χ1n) is 7.34. The lowest BCUT2D eigenvalue weighted by atomic mass is 10.1. The Labute approximate surface area is 130 Å². The maximum Gasteiger partial charge on any atom is 0.224 e. The number of amides is 1. The number of benzene rings is 1. The molecule has 1 saturated heterocycles. The van der Waals surface area contributed by atoms with E-state index in [0.717, 1.165) is 42.2 Å². The summed E-state index contributed by atoms with van der Waals surface area (Å²) in [6.07, 6.45) is 2.70. The van der Waals surface area contributed by atoms with Gasteiger partial charge in [-0.3, -0.25) is 4.79 Å². The van der Waals surface area contributed by atoms with Crippen molar-refractivity contribution in [2.45, 2.75) is 31.6 Å². The van der Waals surface area contributed by atoms with E-state index in [-0.39, 0.29) is 11.3 Å². The van der Waals surface area contributed by atoms with E-state index in [4.69, 9.17) is 9.47 Å². The van der Waals surface area contributed by atoms with E-state index in [9.17, 15) is 4.79 Å². The molecule has 0 aromatic heterocycles. The van der Waals surface area contributed by atoms with Gasteiger partial charge in [0.2, 0.25) is 5.91 Å². The van der Waals surface area contributed by atoms with E-state index in [1.54, 1.807) is 26.0 Å². The quantitative estimate of drug-likeness (QED) is 0.806. The molecule has 5 heteroatoms. The predicted molar refractivity (Wildman–Crippen MR) is 86.0 cm³/mol. The van der Waals surface area contributed by atoms with Gasteiger partial charge in [-0.05, 0) is 18.6 Å². The summed E-state index contributed by atoms with van der Waals surface area (Å²) in [5, 5.41) is -0.0242. The highest BCUT2D eigenvalue weighted by atomic mass is 32.2. The van der Waals surface area contributed by atoms with Crippen LogP contribution in [-0.4, -0.2) is 37.3 Å². The Morgan fingerprint density at radius 3 is 2.52 bits per heavy atom. The Morgan fingerprint density at radius 1 is 1.29 bits per heavy atom. The Kier molecular flexibility index (Phi) is 5.79. The average Bonchev–Trinajstić information content (AvgIpc) is 2.52. The number of ether oxygens (including phenoxy) is 2. The Balaban J connectivity index is 2.39. The molecule has 1 aliphatic heterocycles. The van der Waals surface area contributed by atoms with Crippen LogP contribution < -0.4 is 9.47 Å². The lowest BCUT2D eigenvalue weighted by Crippen LogP contribution is -2.38. The van der Waals surface area contributed by atoms with E-state index in [1.165, 1.54) is 0 Å². The van der Waals surface area contributed by atoms with Crippen LogP contribution in [0.1, 0.15) is 37.1 Å². The molecule has 0 N–H and O–H groups in total. The van der Waals surface area contributed by atoms with Gasteiger partial charge in [0.15, 0.2) is 0 Å². The third-order valence-corrected chi connectivity index (χ3v) is 4.91. The SMILES string of the molecule is CCCCN1C(=O)CCSC1c1c(OC)cccc1OC. The first kappa shape index (κ1) is 16.0. The highest BCUT2D eigenvalue weighted by Crippen LogP contribution is 2.45. The molecule has 1 aromatic carbocycles. The third kappa shape index (κ3) is 3.46. The molecule has 1 atom stereocenters. The molecule has 0 aliphatic carbocycles. The largest absolute Gasteiger partial charge is 0.496 e. The topological polar surface area (TPSA) is 38.8 Å². The van der Waals surface area contributed by atoms with Gasteiger partial charge in [0.25, 0.3) is 0 Å². The van der Waals surface area contributed by atoms with Gasteiger partial charge >= 0.3 is 0 Å². The molecular weight excluding hydrogens is 286 g/mol. The lowest BCUT2D eigenvalue weighted by molar-refractivity contribution is -0.132. The van der Waals surface area contributed by atoms with Crippen LogP contribution in [0.15, 0.2) is 18.2 Å². The molecule has 0 radical (unpaired) electrons. The highest BCUT2D eigenvalue weighted by molar-refractivity contribution is 7.99. The van der Waals surface area contributed by atoms with Crippen molar-refractivity contribution in [2.75, 3.05) is 26.5 Å². The summed E-state index contributed by atoms with van der Waals surface area (Å²) < 4.78 is 11.0. The Hall–Kier alpha value is -1.36. The zero-order chi connectivity index (χ0) is 15.2. The summed E-state index contributed by atoms with van der Waals surface area (Å²) in [5.74, 6) is 2.62. The van der Waals surface area contributed by atoms with Crippen molar-refractivity contribution in [3.8, 4) is 11.5 Å². The smallest absolute Gasteiger partial charge is 0.224 e. The van der Waals surface area contributed by atoms with Crippen molar-refractivity contribution in [3.63, 3.8) is 0 Å². The van der Waals surface area contributed by atoms with Gasteiger partial charge in [0.05, 0.1) is 19.8 Å². The molecular formula is C16H23NO3S. The van der Waals surface area contributed by atoms with Crippen molar-refractivity contribution in [2.24, 2.45) is 0 Å². The number of carbonyl (C=O) groups excluding carboxylic acids is 1. The number of carbonyl (C=O) groups is 1. The number of thioether (sulfide) groups is 1. The van der Waals surface area contributed by atoms with Crippen LogP contribution in [0, 0.1) is 0 Å². The van der Waals surface area contributed by atoms with Crippen molar-refractivity contribution in [3.05, 3.63) is 23.8 Å². The molecule has 1 aliphatic rings. The highest BCUT2D eigenvalue weighted by Gasteiger charge is 2.33. The van der Waals surface area contributed by atoms with Crippen LogP contribution in [0.4, 0.5) is 0 Å². The monoisotopic (exact) mass is 309 g/mol. The molecule has 116 valence electrons. The molecule has 1 aromatic rings. The van der Waals surface area contributed by atoms with Gasteiger partial charge in [-0.15, -0.1) is 11.8 Å². The van der Waals surface area contributed by atoms with Gasteiger partial charge < -0.3 is 14.4 Å². The first-order valence-corrected chi connectivity index (χ1v) is 8.39. The van der Waals surface area contributed by atoms with E-state index >= 15 is 0 Å². The summed E-state index contributed by atoms with van der Waals surface area (Å²) >= 11 is 1.78. The van der Waals surface area contributed by atoms with Crippen LogP contribution >= 0.6 is 11.8 Å². The van der Waals surface area contributed by atoms with Gasteiger partial charge in [0.1, 0.15) is 16.9 Å². The number of nitrogens with zero attached hydrogens (tertiary/aromatic N) is 1. The fourth-order valence-electron chi connectivity index (χ4n) is 2.56. The number of hydrogen-bond acceptors (Lipinski definition) is 4. The molecule has 0 bridgehead atoms. The average molecular weight is 309 g/mol. The van der Waals surface area contributed by atoms with Crippen LogP contribution in [-0.2, 0) is 4.79 Å². The fourth-order valence-corrected chi connectivity index (χ4v) is 3.87. The maximum atomic E-state index is 12.3. The number of unbranched alkanes of at least 4 members (excludes halogenated alkanes) is 1. The summed E-state index contributed by atoms with van der Waals surface area (Å²) in [7, 11) is 3.31. The standard InChI is InChI=1S/C16H23NO3S/c1-4-5-10-17-14(18)9-11-21-16(17)15-12(19-2)7-6-8-13(15)20-3/h6-8,16H,4-5,9-11H2,1-3H3. The van der Waals surface area contributed by atoms with Gasteiger partial charge in [0, 0.05) is 18.7 Å². The molecule has 1 unspecified atom stereocenters. The lowest BCUT2D eigenvalue weighted by Gasteiger charge is -2.36. The van der Waals surface area contributed by atoms with E-state index < -0.39 is 0 Å². The summed E-state index contributed by atoms with van der Waals surface area (Å²) in [6, 6.07) is 5.76.